The molecule has 4 aromatic rings. The standard InChI is InChI=1S/C49H78N8S/c1-39-40(2)55-56-48-44(39)45-46(58-48)47(53-38-52-45)54-43-30-28-26-24-22-20-18-16-14-12-10-8-6-4-5-7-9-11-13-15-17-19-21-23-25-27-29-31-49(32-43)36-57(37-49)35-42-33-50-41(3)51-34-42/h33-34,38,43H,4-32,35-37H2,1-3H3,(H,52,53,54). The van der Waals surface area contributed by atoms with Crippen molar-refractivity contribution in [2.45, 2.75) is 220 Å². The minimum Gasteiger partial charge on any atom is -0.366 e. The quantitative estimate of drug-likeness (QED) is 0.218. The highest BCUT2D eigenvalue weighted by Gasteiger charge is 2.43. The molecule has 1 N–H and O–H groups in total. The van der Waals surface area contributed by atoms with Crippen LogP contribution in [0.2, 0.25) is 0 Å². The molecule has 1 saturated heterocycles. The van der Waals surface area contributed by atoms with E-state index in [1.54, 1.807) is 17.7 Å². The van der Waals surface area contributed by atoms with Crippen molar-refractivity contribution in [3.63, 3.8) is 0 Å². The normalized spacial score (nSPS) is 21.9. The van der Waals surface area contributed by atoms with Gasteiger partial charge in [-0.05, 0) is 51.0 Å². The maximum atomic E-state index is 4.91. The third-order valence-electron chi connectivity index (χ3n) is 13.6. The van der Waals surface area contributed by atoms with Crippen LogP contribution in [0.5, 0.6) is 0 Å². The lowest BCUT2D eigenvalue weighted by Gasteiger charge is -2.52. The van der Waals surface area contributed by atoms with Crippen molar-refractivity contribution in [2.24, 2.45) is 5.41 Å². The number of likely N-dealkylation sites (tertiary alicyclic amines) is 1. The summed E-state index contributed by atoms with van der Waals surface area (Å²) in [5.74, 6) is 1.82. The number of rotatable bonds is 4. The van der Waals surface area contributed by atoms with Gasteiger partial charge in [-0.15, -0.1) is 16.4 Å². The molecule has 1 unspecified atom stereocenters. The summed E-state index contributed by atoms with van der Waals surface area (Å²) < 4.78 is 1.12. The van der Waals surface area contributed by atoms with Gasteiger partial charge < -0.3 is 5.32 Å². The fraction of sp³-hybridized carbons (Fsp3) is 0.755. The molecule has 5 heterocycles. The van der Waals surface area contributed by atoms with Gasteiger partial charge in [-0.2, -0.15) is 5.10 Å². The zero-order chi connectivity index (χ0) is 40.3. The van der Waals surface area contributed by atoms with Crippen LogP contribution < -0.4 is 5.32 Å². The third kappa shape index (κ3) is 14.2. The number of nitrogens with one attached hydrogen (secondary N) is 1. The van der Waals surface area contributed by atoms with Crippen molar-refractivity contribution in [1.82, 2.24) is 35.0 Å². The van der Waals surface area contributed by atoms with Gasteiger partial charge in [0, 0.05) is 49.0 Å². The van der Waals surface area contributed by atoms with Crippen LogP contribution in [0.3, 0.4) is 0 Å². The number of hydrogen-bond acceptors (Lipinski definition) is 9. The first-order chi connectivity index (χ1) is 28.5. The predicted octanol–water partition coefficient (Wildman–Crippen LogP) is 14.0. The molecule has 0 radical (unpaired) electrons. The first kappa shape index (κ1) is 44.8. The van der Waals surface area contributed by atoms with Gasteiger partial charge in [0.25, 0.3) is 0 Å². The molecule has 1 aliphatic carbocycles. The van der Waals surface area contributed by atoms with Crippen molar-refractivity contribution >= 4 is 37.6 Å². The maximum Gasteiger partial charge on any atom is 0.149 e. The molecule has 4 aromatic heterocycles. The van der Waals surface area contributed by atoms with Gasteiger partial charge in [-0.3, -0.25) is 4.90 Å². The molecule has 0 aromatic carbocycles. The van der Waals surface area contributed by atoms with Crippen molar-refractivity contribution in [3.05, 3.63) is 41.4 Å². The highest BCUT2D eigenvalue weighted by Crippen LogP contribution is 2.43. The molecule has 1 saturated carbocycles. The predicted molar refractivity (Wildman–Crippen MR) is 246 cm³/mol. The summed E-state index contributed by atoms with van der Waals surface area (Å²) in [6.45, 7) is 9.40. The summed E-state index contributed by atoms with van der Waals surface area (Å²) in [5, 5.41) is 14.2. The number of fused-ring (bicyclic) bond motifs is 3. The van der Waals surface area contributed by atoms with Gasteiger partial charge in [-0.1, -0.05) is 167 Å². The average molecular weight is 811 g/mol. The van der Waals surface area contributed by atoms with E-state index in [2.05, 4.69) is 37.3 Å². The van der Waals surface area contributed by atoms with Gasteiger partial charge >= 0.3 is 0 Å². The zero-order valence-electron chi connectivity index (χ0n) is 37.0. The SMILES string of the molecule is Cc1ncc(CN2CC3(CCCCCCCCCCCCCCCCCCCCCCCCCCCCC(Nc4ncnc5c4sc4nnc(C)c(C)c45)C3)C2)cn1. The minimum atomic E-state index is 0.314. The molecule has 1 spiro atoms. The number of aryl methyl sites for hydroxylation is 3. The van der Waals surface area contributed by atoms with Gasteiger partial charge in [0.05, 0.1) is 15.9 Å². The first-order valence-corrected chi connectivity index (χ1v) is 24.9. The fourth-order valence-corrected chi connectivity index (χ4v) is 11.1. The molecule has 9 heteroatoms. The molecule has 1 atom stereocenters. The van der Waals surface area contributed by atoms with Gasteiger partial charge in [0.1, 0.15) is 22.8 Å². The van der Waals surface area contributed by atoms with E-state index in [1.165, 1.54) is 197 Å². The van der Waals surface area contributed by atoms with Gasteiger partial charge in [0.15, 0.2) is 0 Å². The number of nitrogens with zero attached hydrogens (tertiary/aromatic N) is 7. The highest BCUT2D eigenvalue weighted by atomic mass is 32.1. The Balaban J connectivity index is 1.11. The van der Waals surface area contributed by atoms with Crippen molar-refractivity contribution in [2.75, 3.05) is 18.4 Å². The summed E-state index contributed by atoms with van der Waals surface area (Å²) in [7, 11) is 0. The van der Waals surface area contributed by atoms with Gasteiger partial charge in [0.2, 0.25) is 0 Å². The second-order valence-electron chi connectivity index (χ2n) is 18.7. The Labute approximate surface area is 356 Å². The number of anilines is 1. The summed E-state index contributed by atoms with van der Waals surface area (Å²) in [6, 6.07) is 0.367. The Morgan fingerprint density at radius 1 is 0.621 bits per heavy atom. The van der Waals surface area contributed by atoms with E-state index in [-0.39, 0.29) is 0 Å². The highest BCUT2D eigenvalue weighted by molar-refractivity contribution is 7.26. The fourth-order valence-electron chi connectivity index (χ4n) is 10.0. The van der Waals surface area contributed by atoms with E-state index in [0.29, 0.717) is 11.5 Å². The van der Waals surface area contributed by atoms with E-state index >= 15 is 0 Å². The Morgan fingerprint density at radius 3 is 1.66 bits per heavy atom. The van der Waals surface area contributed by atoms with Crippen LogP contribution in [0.25, 0.3) is 20.4 Å². The van der Waals surface area contributed by atoms with Crippen LogP contribution in [0, 0.1) is 26.2 Å². The molecule has 6 rings (SSSR count). The van der Waals surface area contributed by atoms with E-state index in [4.69, 9.17) is 9.97 Å². The Morgan fingerprint density at radius 2 is 1.12 bits per heavy atom. The molecule has 58 heavy (non-hydrogen) atoms. The number of thiophene rings is 1. The zero-order valence-corrected chi connectivity index (χ0v) is 37.8. The lowest BCUT2D eigenvalue weighted by atomic mass is 9.70. The molecular weight excluding hydrogens is 733 g/mol. The van der Waals surface area contributed by atoms with Crippen molar-refractivity contribution in [3.8, 4) is 0 Å². The van der Waals surface area contributed by atoms with Crippen LogP contribution in [-0.2, 0) is 6.54 Å². The maximum absolute atomic E-state index is 4.91. The van der Waals surface area contributed by atoms with Gasteiger partial charge in [-0.25, -0.2) is 19.9 Å². The number of hydrogen-bond donors (Lipinski definition) is 1. The van der Waals surface area contributed by atoms with E-state index in [1.807, 2.05) is 26.2 Å². The van der Waals surface area contributed by atoms with Crippen molar-refractivity contribution < 1.29 is 0 Å². The summed E-state index contributed by atoms with van der Waals surface area (Å²) >= 11 is 1.69. The average Bonchev–Trinajstić information content (AvgIpc) is 3.60. The monoisotopic (exact) mass is 811 g/mol. The Kier molecular flexibility index (Phi) is 18.9. The molecular formula is C49H78N8S. The second-order valence-corrected chi connectivity index (χ2v) is 19.7. The van der Waals surface area contributed by atoms with E-state index < -0.39 is 0 Å². The van der Waals surface area contributed by atoms with Crippen LogP contribution in [0.1, 0.15) is 209 Å². The summed E-state index contributed by atoms with van der Waals surface area (Å²) in [6.07, 6.45) is 46.3. The summed E-state index contributed by atoms with van der Waals surface area (Å²) in [5.41, 5.74) is 4.69. The second kappa shape index (κ2) is 24.5. The molecule has 8 nitrogen and oxygen atoms in total. The Hall–Kier alpha value is -2.78. The third-order valence-corrected chi connectivity index (χ3v) is 14.6. The lowest BCUT2D eigenvalue weighted by molar-refractivity contribution is -0.0251. The molecule has 2 fully saturated rings. The van der Waals surface area contributed by atoms with Crippen molar-refractivity contribution in [1.29, 1.82) is 0 Å². The van der Waals surface area contributed by atoms with Crippen LogP contribution >= 0.6 is 11.3 Å². The molecule has 0 amide bonds. The largest absolute Gasteiger partial charge is 0.366 e. The van der Waals surface area contributed by atoms with Crippen LogP contribution in [0.4, 0.5) is 5.82 Å². The molecule has 1 aliphatic heterocycles. The van der Waals surface area contributed by atoms with Crippen LogP contribution in [0.15, 0.2) is 18.7 Å². The first-order valence-electron chi connectivity index (χ1n) is 24.1. The van der Waals surface area contributed by atoms with E-state index in [9.17, 15) is 0 Å². The topological polar surface area (TPSA) is 92.6 Å². The minimum absolute atomic E-state index is 0.314. The number of aromatic nitrogens is 6. The molecule has 0 bridgehead atoms. The smallest absolute Gasteiger partial charge is 0.149 e. The molecule has 320 valence electrons. The molecule has 2 aliphatic rings. The van der Waals surface area contributed by atoms with E-state index in [0.717, 1.165) is 57.4 Å². The lowest BCUT2D eigenvalue weighted by Crippen LogP contribution is -2.57. The summed E-state index contributed by atoms with van der Waals surface area (Å²) in [4.78, 5) is 22.3. The Bertz CT molecular complexity index is 1750. The van der Waals surface area contributed by atoms with Crippen LogP contribution in [-0.4, -0.2) is 54.2 Å².